The Morgan fingerprint density at radius 3 is 2.94 bits per heavy atom. The van der Waals surface area contributed by atoms with Crippen LogP contribution >= 0.6 is 11.6 Å². The number of nitrogens with one attached hydrogen (secondary N) is 2. The van der Waals surface area contributed by atoms with E-state index in [0.717, 1.165) is 0 Å². The number of anilines is 3. The fourth-order valence-electron chi connectivity index (χ4n) is 4.31. The highest BCUT2D eigenvalue weighted by Gasteiger charge is 2.45. The SMILES string of the molecule is O=CNc1cc2c(c3c1C(c1cc(F)ccc1Cl)NC3=O)N1COCN=C1N2CC(F)F. The molecule has 0 fully saturated rings. The zero-order valence-corrected chi connectivity index (χ0v) is 17.0. The quantitative estimate of drug-likeness (QED) is 0.663. The van der Waals surface area contributed by atoms with Crippen molar-refractivity contribution in [2.45, 2.75) is 12.5 Å². The van der Waals surface area contributed by atoms with Gasteiger partial charge in [-0.2, -0.15) is 0 Å². The van der Waals surface area contributed by atoms with E-state index in [1.54, 1.807) is 0 Å². The van der Waals surface area contributed by atoms with Gasteiger partial charge in [-0.1, -0.05) is 11.6 Å². The van der Waals surface area contributed by atoms with E-state index in [0.29, 0.717) is 23.2 Å². The predicted molar refractivity (Wildman–Crippen MR) is 111 cm³/mol. The number of ether oxygens (including phenoxy) is 1. The average Bonchev–Trinajstić information content (AvgIpc) is 3.25. The molecule has 166 valence electrons. The highest BCUT2D eigenvalue weighted by atomic mass is 35.5. The molecular weight excluding hydrogens is 451 g/mol. The number of amides is 2. The molecule has 5 rings (SSSR count). The van der Waals surface area contributed by atoms with E-state index in [4.69, 9.17) is 16.3 Å². The van der Waals surface area contributed by atoms with Crippen LogP contribution in [-0.4, -0.2) is 44.7 Å². The number of carbonyl (C=O) groups excluding carboxylic acids is 2. The van der Waals surface area contributed by atoms with Crippen LogP contribution in [0.3, 0.4) is 0 Å². The smallest absolute Gasteiger partial charge is 0.256 e. The van der Waals surface area contributed by atoms with E-state index in [-0.39, 0.29) is 41.4 Å². The molecule has 0 radical (unpaired) electrons. The normalized spacial score (nSPS) is 18.8. The number of halogens is 4. The highest BCUT2D eigenvalue weighted by molar-refractivity contribution is 6.31. The number of aliphatic imine (C=N–C) groups is 1. The lowest BCUT2D eigenvalue weighted by atomic mass is 9.94. The van der Waals surface area contributed by atoms with Crippen molar-refractivity contribution in [3.8, 4) is 0 Å². The first kappa shape index (κ1) is 20.6. The molecule has 32 heavy (non-hydrogen) atoms. The maximum Gasteiger partial charge on any atom is 0.256 e. The Morgan fingerprint density at radius 1 is 1.38 bits per heavy atom. The summed E-state index contributed by atoms with van der Waals surface area (Å²) in [5.41, 5.74) is 1.59. The van der Waals surface area contributed by atoms with Gasteiger partial charge in [0.05, 0.1) is 29.5 Å². The Hall–Kier alpha value is -3.31. The van der Waals surface area contributed by atoms with Crippen LogP contribution in [0.2, 0.25) is 5.02 Å². The number of alkyl halides is 2. The summed E-state index contributed by atoms with van der Waals surface area (Å²) >= 11 is 6.28. The van der Waals surface area contributed by atoms with Gasteiger partial charge in [-0.15, -0.1) is 0 Å². The molecule has 0 bridgehead atoms. The molecule has 3 aliphatic rings. The molecule has 3 heterocycles. The minimum absolute atomic E-state index is 0.00284. The van der Waals surface area contributed by atoms with Gasteiger partial charge in [0.1, 0.15) is 19.3 Å². The molecule has 1 unspecified atom stereocenters. The van der Waals surface area contributed by atoms with Gasteiger partial charge in [-0.3, -0.25) is 14.5 Å². The Bertz CT molecular complexity index is 1180. The minimum atomic E-state index is -2.68. The van der Waals surface area contributed by atoms with Gasteiger partial charge >= 0.3 is 0 Å². The first-order valence-electron chi connectivity index (χ1n) is 9.53. The van der Waals surface area contributed by atoms with Gasteiger partial charge in [0.15, 0.2) is 0 Å². The number of fused-ring (bicyclic) bond motifs is 5. The zero-order chi connectivity index (χ0) is 22.6. The Kier molecular flexibility index (Phi) is 4.94. The summed E-state index contributed by atoms with van der Waals surface area (Å²) in [5, 5.41) is 5.51. The van der Waals surface area contributed by atoms with E-state index in [2.05, 4.69) is 15.6 Å². The van der Waals surface area contributed by atoms with Crippen LogP contribution in [0.5, 0.6) is 0 Å². The van der Waals surface area contributed by atoms with Crippen LogP contribution in [0.25, 0.3) is 0 Å². The summed E-state index contributed by atoms with van der Waals surface area (Å²) < 4.78 is 46.1. The Morgan fingerprint density at radius 2 is 2.19 bits per heavy atom. The van der Waals surface area contributed by atoms with Gasteiger partial charge in [-0.05, 0) is 24.3 Å². The van der Waals surface area contributed by atoms with Crippen LogP contribution in [-0.2, 0) is 9.53 Å². The van der Waals surface area contributed by atoms with Crippen molar-refractivity contribution in [3.63, 3.8) is 0 Å². The van der Waals surface area contributed by atoms with E-state index in [1.165, 1.54) is 34.1 Å². The van der Waals surface area contributed by atoms with Crippen molar-refractivity contribution in [3.05, 3.63) is 51.8 Å². The first-order chi connectivity index (χ1) is 15.4. The molecule has 2 aromatic carbocycles. The number of benzene rings is 2. The summed E-state index contributed by atoms with van der Waals surface area (Å²) in [7, 11) is 0. The molecule has 0 aliphatic carbocycles. The molecule has 0 saturated carbocycles. The third kappa shape index (κ3) is 3.07. The average molecular weight is 466 g/mol. The van der Waals surface area contributed by atoms with Crippen molar-refractivity contribution >= 4 is 46.9 Å². The number of hydrogen-bond acceptors (Lipinski definition) is 6. The van der Waals surface area contributed by atoms with Crippen molar-refractivity contribution in [1.29, 1.82) is 0 Å². The van der Waals surface area contributed by atoms with Gasteiger partial charge in [-0.25, -0.2) is 18.2 Å². The number of hydrogen-bond donors (Lipinski definition) is 2. The summed E-state index contributed by atoms with van der Waals surface area (Å²) in [6.07, 6.45) is -2.27. The lowest BCUT2D eigenvalue weighted by molar-refractivity contribution is -0.105. The number of guanidine groups is 1. The third-order valence-electron chi connectivity index (χ3n) is 5.48. The van der Waals surface area contributed by atoms with Gasteiger partial charge in [0.25, 0.3) is 12.3 Å². The monoisotopic (exact) mass is 465 g/mol. The van der Waals surface area contributed by atoms with Crippen molar-refractivity contribution in [1.82, 2.24) is 5.32 Å². The molecule has 2 amide bonds. The number of carbonyl (C=O) groups is 2. The first-order valence-corrected chi connectivity index (χ1v) is 9.90. The second-order valence-electron chi connectivity index (χ2n) is 7.27. The standard InChI is InChI=1S/C20H15ClF3N5O3/c21-11-2-1-9(22)3-10(11)17-15-12(25-6-30)4-13-18(16(15)19(31)27-17)29-8-32-7-26-20(29)28(13)5-14(23)24/h1-4,6,14,17H,5,7-8H2,(H,25,30)(H,27,31). The highest BCUT2D eigenvalue weighted by Crippen LogP contribution is 2.50. The van der Waals surface area contributed by atoms with Gasteiger partial charge in [0.2, 0.25) is 12.4 Å². The molecule has 12 heteroatoms. The number of nitrogens with zero attached hydrogens (tertiary/aromatic N) is 3. The molecule has 8 nitrogen and oxygen atoms in total. The summed E-state index contributed by atoms with van der Waals surface area (Å²) in [5.74, 6) is -0.864. The maximum atomic E-state index is 14.0. The molecule has 0 saturated heterocycles. The maximum absolute atomic E-state index is 14.0. The van der Waals surface area contributed by atoms with Gasteiger partial charge in [0, 0.05) is 21.8 Å². The van der Waals surface area contributed by atoms with Crippen LogP contribution in [0.15, 0.2) is 29.3 Å². The second-order valence-corrected chi connectivity index (χ2v) is 7.67. The van der Waals surface area contributed by atoms with Crippen molar-refractivity contribution in [2.24, 2.45) is 4.99 Å². The van der Waals surface area contributed by atoms with E-state index in [9.17, 15) is 22.8 Å². The number of rotatable bonds is 5. The predicted octanol–water partition coefficient (Wildman–Crippen LogP) is 3.07. The topological polar surface area (TPSA) is 86.3 Å². The molecule has 2 aromatic rings. The van der Waals surface area contributed by atoms with E-state index >= 15 is 0 Å². The van der Waals surface area contributed by atoms with Crippen LogP contribution in [0.1, 0.15) is 27.5 Å². The molecular formula is C20H15ClF3N5O3. The lowest BCUT2D eigenvalue weighted by Crippen LogP contribution is -2.44. The fourth-order valence-corrected chi connectivity index (χ4v) is 4.54. The molecule has 0 spiro atoms. The summed E-state index contributed by atoms with van der Waals surface area (Å²) in [6, 6.07) is 4.37. The molecule has 2 N–H and O–H groups in total. The molecule has 1 atom stereocenters. The summed E-state index contributed by atoms with van der Waals surface area (Å²) in [4.78, 5) is 31.5. The minimum Gasteiger partial charge on any atom is -0.341 e. The lowest BCUT2D eigenvalue weighted by Gasteiger charge is -2.26. The van der Waals surface area contributed by atoms with Crippen LogP contribution < -0.4 is 20.4 Å². The Balaban J connectivity index is 1.76. The third-order valence-corrected chi connectivity index (χ3v) is 5.82. The molecule has 3 aliphatic heterocycles. The Labute approximate surface area is 184 Å². The second kappa shape index (κ2) is 7.68. The largest absolute Gasteiger partial charge is 0.341 e. The van der Waals surface area contributed by atoms with Crippen LogP contribution in [0, 0.1) is 5.82 Å². The zero-order valence-electron chi connectivity index (χ0n) is 16.2. The van der Waals surface area contributed by atoms with E-state index < -0.39 is 30.7 Å². The van der Waals surface area contributed by atoms with Crippen molar-refractivity contribution in [2.75, 3.05) is 35.1 Å². The van der Waals surface area contributed by atoms with E-state index in [1.807, 2.05) is 0 Å². The van der Waals surface area contributed by atoms with Crippen LogP contribution in [0.4, 0.5) is 30.2 Å². The van der Waals surface area contributed by atoms with Gasteiger partial charge < -0.3 is 20.3 Å². The molecule has 0 aromatic heterocycles. The fraction of sp³-hybridized carbons (Fsp3) is 0.250. The van der Waals surface area contributed by atoms with Crippen molar-refractivity contribution < 1.29 is 27.5 Å². The summed E-state index contributed by atoms with van der Waals surface area (Å²) in [6.45, 7) is -0.686.